The number of amides is 1. The Bertz CT molecular complexity index is 682. The summed E-state index contributed by atoms with van der Waals surface area (Å²) in [6.07, 6.45) is 2.01. The van der Waals surface area contributed by atoms with Crippen molar-refractivity contribution in [3.63, 3.8) is 0 Å². The molecule has 1 aliphatic heterocycles. The number of hydrogen-bond donors (Lipinski definition) is 1. The van der Waals surface area contributed by atoms with Gasteiger partial charge in [0, 0.05) is 11.1 Å². The summed E-state index contributed by atoms with van der Waals surface area (Å²) in [5.41, 5.74) is 2.33. The molecule has 0 unspecified atom stereocenters. The van der Waals surface area contributed by atoms with E-state index in [1.807, 2.05) is 18.2 Å². The fourth-order valence-electron chi connectivity index (χ4n) is 2.27. The molecule has 0 atom stereocenters. The first-order valence-electron chi connectivity index (χ1n) is 6.59. The summed E-state index contributed by atoms with van der Waals surface area (Å²) in [4.78, 5) is 12.2. The predicted octanol–water partition coefficient (Wildman–Crippen LogP) is 4.65. The van der Waals surface area contributed by atoms with E-state index in [1.54, 1.807) is 18.2 Å². The Kier molecular flexibility index (Phi) is 3.36. The number of benzene rings is 2. The van der Waals surface area contributed by atoms with E-state index in [0.29, 0.717) is 27.8 Å². The zero-order valence-corrected chi connectivity index (χ0v) is 11.8. The number of fused-ring (bicyclic) bond motifs is 2. The highest BCUT2D eigenvalue weighted by Crippen LogP contribution is 2.37. The lowest BCUT2D eigenvalue weighted by molar-refractivity contribution is 0.102. The van der Waals surface area contributed by atoms with E-state index < -0.39 is 0 Å². The standard InChI is InChI=1S/C16H14ClNO2/c1-2-3-10-4-6-12-14(8-10)20-15-9-11(17)5-7-13(15)18-16(12)19/h4-9H,2-3H2,1H3,(H,18,19). The Morgan fingerprint density at radius 3 is 2.80 bits per heavy atom. The molecular formula is C16H14ClNO2. The van der Waals surface area contributed by atoms with Crippen LogP contribution in [0.5, 0.6) is 11.5 Å². The van der Waals surface area contributed by atoms with Gasteiger partial charge < -0.3 is 10.1 Å². The number of anilines is 1. The van der Waals surface area contributed by atoms with Crippen LogP contribution in [0.15, 0.2) is 36.4 Å². The number of ether oxygens (including phenoxy) is 1. The predicted molar refractivity (Wildman–Crippen MR) is 79.9 cm³/mol. The SMILES string of the molecule is CCCc1ccc2c(c1)Oc1cc(Cl)ccc1NC2=O. The lowest BCUT2D eigenvalue weighted by Crippen LogP contribution is -2.10. The van der Waals surface area contributed by atoms with Gasteiger partial charge in [-0.15, -0.1) is 0 Å². The molecule has 4 heteroatoms. The van der Waals surface area contributed by atoms with Crippen LogP contribution in [0.3, 0.4) is 0 Å². The third kappa shape index (κ3) is 2.37. The van der Waals surface area contributed by atoms with Gasteiger partial charge in [-0.2, -0.15) is 0 Å². The average Bonchev–Trinajstić information content (AvgIpc) is 2.55. The summed E-state index contributed by atoms with van der Waals surface area (Å²) in [5, 5.41) is 3.41. The third-order valence-electron chi connectivity index (χ3n) is 3.24. The zero-order valence-electron chi connectivity index (χ0n) is 11.1. The van der Waals surface area contributed by atoms with Gasteiger partial charge in [-0.3, -0.25) is 4.79 Å². The van der Waals surface area contributed by atoms with Gasteiger partial charge in [0.1, 0.15) is 5.75 Å². The molecule has 0 aromatic heterocycles. The summed E-state index contributed by atoms with van der Waals surface area (Å²) < 4.78 is 5.87. The molecule has 0 bridgehead atoms. The molecule has 20 heavy (non-hydrogen) atoms. The second-order valence-corrected chi connectivity index (χ2v) is 5.21. The number of carbonyl (C=O) groups excluding carboxylic acids is 1. The zero-order chi connectivity index (χ0) is 14.1. The quantitative estimate of drug-likeness (QED) is 0.873. The van der Waals surface area contributed by atoms with Crippen molar-refractivity contribution in [2.45, 2.75) is 19.8 Å². The van der Waals surface area contributed by atoms with Crippen LogP contribution in [-0.4, -0.2) is 5.91 Å². The van der Waals surface area contributed by atoms with E-state index >= 15 is 0 Å². The van der Waals surface area contributed by atoms with Gasteiger partial charge in [0.15, 0.2) is 5.75 Å². The highest BCUT2D eigenvalue weighted by Gasteiger charge is 2.21. The number of hydrogen-bond acceptors (Lipinski definition) is 2. The van der Waals surface area contributed by atoms with Crippen molar-refractivity contribution in [2.75, 3.05) is 5.32 Å². The molecule has 1 aliphatic rings. The molecule has 0 saturated carbocycles. The Morgan fingerprint density at radius 1 is 1.15 bits per heavy atom. The van der Waals surface area contributed by atoms with E-state index in [2.05, 4.69) is 12.2 Å². The van der Waals surface area contributed by atoms with Crippen LogP contribution in [0.1, 0.15) is 29.3 Å². The maximum absolute atomic E-state index is 12.2. The van der Waals surface area contributed by atoms with Gasteiger partial charge in [0.25, 0.3) is 5.91 Å². The van der Waals surface area contributed by atoms with Gasteiger partial charge in [-0.1, -0.05) is 31.0 Å². The number of rotatable bonds is 2. The molecule has 3 rings (SSSR count). The molecule has 102 valence electrons. The van der Waals surface area contributed by atoms with Crippen LogP contribution < -0.4 is 10.1 Å². The largest absolute Gasteiger partial charge is 0.454 e. The minimum Gasteiger partial charge on any atom is -0.454 e. The topological polar surface area (TPSA) is 38.3 Å². The Labute approximate surface area is 122 Å². The maximum Gasteiger partial charge on any atom is 0.259 e. The number of halogens is 1. The van der Waals surface area contributed by atoms with Gasteiger partial charge in [-0.05, 0) is 36.2 Å². The first-order valence-corrected chi connectivity index (χ1v) is 6.97. The molecule has 2 aromatic carbocycles. The van der Waals surface area contributed by atoms with Crippen LogP contribution in [-0.2, 0) is 6.42 Å². The van der Waals surface area contributed by atoms with Gasteiger partial charge in [0.2, 0.25) is 0 Å². The van der Waals surface area contributed by atoms with E-state index in [9.17, 15) is 4.79 Å². The molecule has 0 radical (unpaired) electrons. The van der Waals surface area contributed by atoms with Crippen molar-refractivity contribution >= 4 is 23.2 Å². The first kappa shape index (κ1) is 13.0. The van der Waals surface area contributed by atoms with Crippen molar-refractivity contribution in [1.29, 1.82) is 0 Å². The van der Waals surface area contributed by atoms with Gasteiger partial charge in [0.05, 0.1) is 11.3 Å². The highest BCUT2D eigenvalue weighted by atomic mass is 35.5. The van der Waals surface area contributed by atoms with Crippen LogP contribution in [0.4, 0.5) is 5.69 Å². The van der Waals surface area contributed by atoms with E-state index in [0.717, 1.165) is 18.4 Å². The minimum atomic E-state index is -0.163. The Hall–Kier alpha value is -2.00. The highest BCUT2D eigenvalue weighted by molar-refractivity contribution is 6.30. The number of nitrogens with one attached hydrogen (secondary N) is 1. The van der Waals surface area contributed by atoms with Crippen molar-refractivity contribution in [3.8, 4) is 11.5 Å². The van der Waals surface area contributed by atoms with E-state index in [1.165, 1.54) is 0 Å². The van der Waals surface area contributed by atoms with Crippen molar-refractivity contribution < 1.29 is 9.53 Å². The summed E-state index contributed by atoms with van der Waals surface area (Å²) in [7, 11) is 0. The second-order valence-electron chi connectivity index (χ2n) is 4.78. The molecule has 3 nitrogen and oxygen atoms in total. The summed E-state index contributed by atoms with van der Waals surface area (Å²) in [6, 6.07) is 10.9. The minimum absolute atomic E-state index is 0.163. The van der Waals surface area contributed by atoms with Crippen LogP contribution >= 0.6 is 11.6 Å². The molecule has 1 N–H and O–H groups in total. The van der Waals surface area contributed by atoms with Gasteiger partial charge >= 0.3 is 0 Å². The van der Waals surface area contributed by atoms with Crippen LogP contribution in [0.25, 0.3) is 0 Å². The van der Waals surface area contributed by atoms with Crippen molar-refractivity contribution in [2.24, 2.45) is 0 Å². The van der Waals surface area contributed by atoms with Crippen LogP contribution in [0.2, 0.25) is 5.02 Å². The summed E-state index contributed by atoms with van der Waals surface area (Å²) in [6.45, 7) is 2.12. The van der Waals surface area contributed by atoms with Crippen molar-refractivity contribution in [3.05, 3.63) is 52.5 Å². The fourth-order valence-corrected chi connectivity index (χ4v) is 2.44. The second kappa shape index (κ2) is 5.17. The Balaban J connectivity index is 2.08. The molecule has 1 amide bonds. The van der Waals surface area contributed by atoms with Gasteiger partial charge in [-0.25, -0.2) is 0 Å². The lowest BCUT2D eigenvalue weighted by Gasteiger charge is -2.09. The molecule has 0 aliphatic carbocycles. The summed E-state index contributed by atoms with van der Waals surface area (Å²) >= 11 is 5.98. The first-order chi connectivity index (χ1) is 9.67. The molecule has 0 fully saturated rings. The fraction of sp³-hybridized carbons (Fsp3) is 0.188. The smallest absolute Gasteiger partial charge is 0.259 e. The van der Waals surface area contributed by atoms with E-state index in [4.69, 9.17) is 16.3 Å². The maximum atomic E-state index is 12.2. The monoisotopic (exact) mass is 287 g/mol. The summed E-state index contributed by atoms with van der Waals surface area (Å²) in [5.74, 6) is 0.983. The number of carbonyl (C=O) groups is 1. The number of aryl methyl sites for hydroxylation is 1. The molecular weight excluding hydrogens is 274 g/mol. The molecule has 1 heterocycles. The van der Waals surface area contributed by atoms with Crippen LogP contribution in [0, 0.1) is 0 Å². The lowest BCUT2D eigenvalue weighted by atomic mass is 10.1. The average molecular weight is 288 g/mol. The van der Waals surface area contributed by atoms with E-state index in [-0.39, 0.29) is 5.91 Å². The Morgan fingerprint density at radius 2 is 2.00 bits per heavy atom. The van der Waals surface area contributed by atoms with Crippen molar-refractivity contribution in [1.82, 2.24) is 0 Å². The molecule has 2 aromatic rings. The normalized spacial score (nSPS) is 12.8. The molecule has 0 saturated heterocycles. The third-order valence-corrected chi connectivity index (χ3v) is 3.48. The molecule has 0 spiro atoms.